The molecule has 0 amide bonds. The molecule has 0 aliphatic carbocycles. The largest absolute Gasteiger partial charge is 0.122 e. The second-order valence-corrected chi connectivity index (χ2v) is 8.55. The minimum absolute atomic E-state index is 1.26. The Morgan fingerprint density at radius 2 is 0.636 bits per heavy atom. The van der Waals surface area contributed by atoms with Gasteiger partial charge in [-0.25, -0.2) is 0 Å². The Balaban J connectivity index is 2.91. The molecule has 0 aromatic rings. The molecule has 0 rings (SSSR count). The predicted octanol–water partition coefficient (Wildman–Crippen LogP) is 8.34. The van der Waals surface area contributed by atoms with Gasteiger partial charge in [0.25, 0.3) is 0 Å². The quantitative estimate of drug-likeness (QED) is 0.165. The van der Waals surface area contributed by atoms with Gasteiger partial charge in [-0.2, -0.15) is 0 Å². The second-order valence-electron chi connectivity index (χ2n) is 7.05. The van der Waals surface area contributed by atoms with Gasteiger partial charge in [-0.3, -0.25) is 0 Å². The Kier molecular flexibility index (Phi) is 21.8. The molecule has 0 radical (unpaired) electrons. The molecule has 1 heteroatoms. The molecule has 0 aliphatic rings. The van der Waals surface area contributed by atoms with Crippen LogP contribution in [-0.2, 0) is 0 Å². The Morgan fingerprint density at radius 3 is 0.955 bits per heavy atom. The molecule has 1 atom stereocenters. The fourth-order valence-corrected chi connectivity index (χ4v) is 4.32. The molecular formula is C21H45P. The van der Waals surface area contributed by atoms with Gasteiger partial charge in [0.1, 0.15) is 0 Å². The first kappa shape index (κ1) is 22.4. The van der Waals surface area contributed by atoms with Crippen LogP contribution in [0.4, 0.5) is 0 Å². The lowest BCUT2D eigenvalue weighted by molar-refractivity contribution is 0.555. The van der Waals surface area contributed by atoms with Gasteiger partial charge in [0.2, 0.25) is 0 Å². The van der Waals surface area contributed by atoms with E-state index in [1.54, 1.807) is 0 Å². The van der Waals surface area contributed by atoms with Crippen molar-refractivity contribution < 1.29 is 0 Å². The van der Waals surface area contributed by atoms with Crippen LogP contribution in [0.5, 0.6) is 0 Å². The van der Waals surface area contributed by atoms with E-state index in [1.165, 1.54) is 130 Å². The van der Waals surface area contributed by atoms with Crippen molar-refractivity contribution >= 4 is 8.58 Å². The predicted molar refractivity (Wildman–Crippen MR) is 108 cm³/mol. The Morgan fingerprint density at radius 1 is 0.364 bits per heavy atom. The first-order valence-electron chi connectivity index (χ1n) is 10.6. The van der Waals surface area contributed by atoms with Crippen LogP contribution < -0.4 is 0 Å². The van der Waals surface area contributed by atoms with Gasteiger partial charge < -0.3 is 0 Å². The van der Waals surface area contributed by atoms with Crippen LogP contribution in [0.2, 0.25) is 0 Å². The molecule has 0 N–H and O–H groups in total. The molecule has 0 spiro atoms. The fraction of sp³-hybridized carbons (Fsp3) is 1.00. The molecule has 0 saturated heterocycles. The van der Waals surface area contributed by atoms with Crippen LogP contribution in [0.1, 0.15) is 123 Å². The fourth-order valence-electron chi connectivity index (χ4n) is 3.07. The summed E-state index contributed by atoms with van der Waals surface area (Å²) in [7, 11) is 1.26. The monoisotopic (exact) mass is 328 g/mol. The Hall–Kier alpha value is 0.430. The molecule has 0 bridgehead atoms. The maximum absolute atomic E-state index is 2.30. The van der Waals surface area contributed by atoms with Gasteiger partial charge in [-0.15, -0.1) is 8.58 Å². The van der Waals surface area contributed by atoms with E-state index < -0.39 is 0 Å². The van der Waals surface area contributed by atoms with Gasteiger partial charge >= 0.3 is 0 Å². The molecule has 0 nitrogen and oxygen atoms in total. The average molecular weight is 329 g/mol. The zero-order valence-electron chi connectivity index (χ0n) is 15.9. The maximum Gasteiger partial charge on any atom is -0.0353 e. The van der Waals surface area contributed by atoms with Crippen molar-refractivity contribution in [1.82, 2.24) is 0 Å². The van der Waals surface area contributed by atoms with Crippen molar-refractivity contribution in [2.45, 2.75) is 123 Å². The van der Waals surface area contributed by atoms with E-state index in [4.69, 9.17) is 0 Å². The summed E-state index contributed by atoms with van der Waals surface area (Å²) in [6.45, 7) is 4.60. The third-order valence-corrected chi connectivity index (χ3v) is 6.08. The summed E-state index contributed by atoms with van der Waals surface area (Å²) in [5, 5.41) is 0. The molecule has 0 heterocycles. The number of hydrogen-bond acceptors (Lipinski definition) is 0. The SMILES string of the molecule is CCCCCCCCCCCCCPCCCCCCCC. The molecule has 22 heavy (non-hydrogen) atoms. The number of unbranched alkanes of at least 4 members (excludes halogenated alkanes) is 15. The van der Waals surface area contributed by atoms with Gasteiger partial charge in [-0.1, -0.05) is 110 Å². The molecule has 0 aromatic carbocycles. The van der Waals surface area contributed by atoms with Gasteiger partial charge in [0, 0.05) is 0 Å². The maximum atomic E-state index is 2.30. The van der Waals surface area contributed by atoms with Crippen molar-refractivity contribution in [2.75, 3.05) is 12.3 Å². The highest BCUT2D eigenvalue weighted by atomic mass is 31.1. The molecule has 0 aromatic heterocycles. The minimum atomic E-state index is 1.26. The van der Waals surface area contributed by atoms with Crippen LogP contribution in [0.25, 0.3) is 0 Å². The van der Waals surface area contributed by atoms with E-state index in [-0.39, 0.29) is 0 Å². The van der Waals surface area contributed by atoms with Gasteiger partial charge in [0.05, 0.1) is 0 Å². The first-order chi connectivity index (χ1) is 10.9. The Labute approximate surface area is 144 Å². The molecule has 0 fully saturated rings. The molecule has 0 aliphatic heterocycles. The zero-order valence-corrected chi connectivity index (χ0v) is 16.9. The first-order valence-corrected chi connectivity index (χ1v) is 12.0. The van der Waals surface area contributed by atoms with Crippen LogP contribution in [0, 0.1) is 0 Å². The van der Waals surface area contributed by atoms with Crippen LogP contribution >= 0.6 is 8.58 Å². The van der Waals surface area contributed by atoms with Crippen molar-refractivity contribution in [3.05, 3.63) is 0 Å². The average Bonchev–Trinajstić information content (AvgIpc) is 2.54. The van der Waals surface area contributed by atoms with Crippen LogP contribution in [0.3, 0.4) is 0 Å². The van der Waals surface area contributed by atoms with E-state index in [9.17, 15) is 0 Å². The third-order valence-electron chi connectivity index (χ3n) is 4.66. The summed E-state index contributed by atoms with van der Waals surface area (Å²) in [5.41, 5.74) is 0. The zero-order chi connectivity index (χ0) is 16.1. The van der Waals surface area contributed by atoms with E-state index in [2.05, 4.69) is 13.8 Å². The number of rotatable bonds is 19. The topological polar surface area (TPSA) is 0 Å². The van der Waals surface area contributed by atoms with Crippen molar-refractivity contribution in [3.63, 3.8) is 0 Å². The molecule has 0 saturated carbocycles. The van der Waals surface area contributed by atoms with Crippen LogP contribution in [0.15, 0.2) is 0 Å². The lowest BCUT2D eigenvalue weighted by atomic mass is 10.1. The van der Waals surface area contributed by atoms with E-state index >= 15 is 0 Å². The Bertz CT molecular complexity index is 159. The third kappa shape index (κ3) is 20.4. The molecule has 1 unspecified atom stereocenters. The standard InChI is InChI=1S/C21H45P/c1-3-5-7-9-11-12-13-14-15-17-19-21-22-20-18-16-10-8-6-4-2/h22H,3-21H2,1-2H3. The van der Waals surface area contributed by atoms with Crippen molar-refractivity contribution in [2.24, 2.45) is 0 Å². The molecular weight excluding hydrogens is 283 g/mol. The van der Waals surface area contributed by atoms with Gasteiger partial charge in [-0.05, 0) is 25.2 Å². The summed E-state index contributed by atoms with van der Waals surface area (Å²) in [4.78, 5) is 0. The summed E-state index contributed by atoms with van der Waals surface area (Å²) < 4.78 is 0. The highest BCUT2D eigenvalue weighted by Gasteiger charge is 1.94. The minimum Gasteiger partial charge on any atom is -0.122 e. The normalized spacial score (nSPS) is 11.7. The highest BCUT2D eigenvalue weighted by molar-refractivity contribution is 7.37. The molecule has 134 valence electrons. The lowest BCUT2D eigenvalue weighted by Crippen LogP contribution is -1.85. The lowest BCUT2D eigenvalue weighted by Gasteiger charge is -2.04. The van der Waals surface area contributed by atoms with E-state index in [0.29, 0.717) is 0 Å². The summed E-state index contributed by atoms with van der Waals surface area (Å²) >= 11 is 0. The van der Waals surface area contributed by atoms with Gasteiger partial charge in [0.15, 0.2) is 0 Å². The number of hydrogen-bond donors (Lipinski definition) is 0. The van der Waals surface area contributed by atoms with E-state index in [1.807, 2.05) is 0 Å². The van der Waals surface area contributed by atoms with Crippen molar-refractivity contribution in [3.8, 4) is 0 Å². The highest BCUT2D eigenvalue weighted by Crippen LogP contribution is 2.18. The second kappa shape index (κ2) is 21.4. The van der Waals surface area contributed by atoms with E-state index in [0.717, 1.165) is 0 Å². The summed E-state index contributed by atoms with van der Waals surface area (Å²) in [6.07, 6.45) is 28.0. The summed E-state index contributed by atoms with van der Waals surface area (Å²) in [6, 6.07) is 0. The van der Waals surface area contributed by atoms with Crippen LogP contribution in [-0.4, -0.2) is 12.3 Å². The van der Waals surface area contributed by atoms with Crippen molar-refractivity contribution in [1.29, 1.82) is 0 Å². The smallest absolute Gasteiger partial charge is 0.0353 e. The summed E-state index contributed by atoms with van der Waals surface area (Å²) in [5.74, 6) is 0.